The van der Waals surface area contributed by atoms with Gasteiger partial charge in [-0.3, -0.25) is 0 Å². The second-order valence-corrected chi connectivity index (χ2v) is 4.33. The fraction of sp³-hybridized carbons (Fsp3) is 0.200. The van der Waals surface area contributed by atoms with Crippen LogP contribution in [0.2, 0.25) is 0 Å². The van der Waals surface area contributed by atoms with Gasteiger partial charge in [0.15, 0.2) is 0 Å². The summed E-state index contributed by atoms with van der Waals surface area (Å²) in [6.45, 7) is 0.0779. The average Bonchev–Trinajstić information content (AvgIpc) is 2.44. The zero-order chi connectivity index (χ0) is 15.5. The summed E-state index contributed by atoms with van der Waals surface area (Å²) in [5, 5.41) is 0. The van der Waals surface area contributed by atoms with Crippen LogP contribution < -0.4 is 10.5 Å². The second-order valence-electron chi connectivity index (χ2n) is 4.33. The number of alkyl halides is 3. The van der Waals surface area contributed by atoms with Gasteiger partial charge in [-0.1, -0.05) is 24.3 Å². The third-order valence-electron chi connectivity index (χ3n) is 2.85. The van der Waals surface area contributed by atoms with Crippen molar-refractivity contribution in [2.75, 3.05) is 13.2 Å². The van der Waals surface area contributed by atoms with Crippen LogP contribution in [0.4, 0.5) is 17.6 Å². The topological polar surface area (TPSA) is 35.2 Å². The van der Waals surface area contributed by atoms with E-state index in [1.165, 1.54) is 30.3 Å². The highest BCUT2D eigenvalue weighted by Gasteiger charge is 2.34. The molecule has 2 aromatic carbocycles. The maximum Gasteiger partial charge on any atom is 0.419 e. The van der Waals surface area contributed by atoms with Gasteiger partial charge in [0.25, 0.3) is 0 Å². The van der Waals surface area contributed by atoms with Crippen LogP contribution in [0.3, 0.4) is 0 Å². The van der Waals surface area contributed by atoms with Crippen molar-refractivity contribution in [1.29, 1.82) is 0 Å². The standard InChI is InChI=1S/C15H13F4NO/c16-13-4-2-1-3-11(13)10-5-6-14(21-8-7-20)12(9-10)15(17,18)19/h1-6,9H,7-8,20H2. The fourth-order valence-electron chi connectivity index (χ4n) is 1.91. The summed E-state index contributed by atoms with van der Waals surface area (Å²) in [5.41, 5.74) is 4.52. The Morgan fingerprint density at radius 1 is 1.05 bits per heavy atom. The van der Waals surface area contributed by atoms with Crippen LogP contribution >= 0.6 is 0 Å². The van der Waals surface area contributed by atoms with Gasteiger partial charge in [-0.05, 0) is 23.8 Å². The quantitative estimate of drug-likeness (QED) is 0.870. The molecule has 2 N–H and O–H groups in total. The smallest absolute Gasteiger partial charge is 0.419 e. The van der Waals surface area contributed by atoms with Crippen molar-refractivity contribution < 1.29 is 22.3 Å². The minimum atomic E-state index is -4.59. The predicted molar refractivity (Wildman–Crippen MR) is 71.4 cm³/mol. The minimum Gasteiger partial charge on any atom is -0.492 e. The Morgan fingerprint density at radius 3 is 2.38 bits per heavy atom. The molecule has 0 aliphatic carbocycles. The molecule has 2 aromatic rings. The molecule has 0 saturated carbocycles. The Hall–Kier alpha value is -2.08. The van der Waals surface area contributed by atoms with E-state index in [9.17, 15) is 17.6 Å². The zero-order valence-electron chi connectivity index (χ0n) is 11.0. The number of rotatable bonds is 4. The summed E-state index contributed by atoms with van der Waals surface area (Å²) in [6.07, 6.45) is -4.59. The van der Waals surface area contributed by atoms with Gasteiger partial charge in [-0.2, -0.15) is 13.2 Å². The fourth-order valence-corrected chi connectivity index (χ4v) is 1.91. The molecular formula is C15H13F4NO. The highest BCUT2D eigenvalue weighted by Crippen LogP contribution is 2.39. The molecule has 21 heavy (non-hydrogen) atoms. The van der Waals surface area contributed by atoms with Gasteiger partial charge >= 0.3 is 6.18 Å². The third-order valence-corrected chi connectivity index (χ3v) is 2.85. The molecule has 0 aliphatic heterocycles. The van der Waals surface area contributed by atoms with E-state index in [1.54, 1.807) is 6.07 Å². The molecule has 6 heteroatoms. The number of hydrogen-bond acceptors (Lipinski definition) is 2. The lowest BCUT2D eigenvalue weighted by atomic mass is 10.0. The van der Waals surface area contributed by atoms with E-state index in [0.29, 0.717) is 0 Å². The largest absolute Gasteiger partial charge is 0.492 e. The molecule has 0 atom stereocenters. The Balaban J connectivity index is 2.49. The molecule has 0 unspecified atom stereocenters. The van der Waals surface area contributed by atoms with Gasteiger partial charge < -0.3 is 10.5 Å². The molecule has 2 rings (SSSR count). The van der Waals surface area contributed by atoms with Gasteiger partial charge in [0.1, 0.15) is 18.2 Å². The Bertz CT molecular complexity index is 625. The average molecular weight is 299 g/mol. The monoisotopic (exact) mass is 299 g/mol. The Labute approximate surface area is 119 Å². The molecule has 0 amide bonds. The molecule has 0 spiro atoms. The van der Waals surface area contributed by atoms with Gasteiger partial charge in [-0.15, -0.1) is 0 Å². The molecule has 0 fully saturated rings. The van der Waals surface area contributed by atoms with Crippen LogP contribution in [0.25, 0.3) is 11.1 Å². The summed E-state index contributed by atoms with van der Waals surface area (Å²) in [7, 11) is 0. The summed E-state index contributed by atoms with van der Waals surface area (Å²) >= 11 is 0. The summed E-state index contributed by atoms with van der Waals surface area (Å²) in [4.78, 5) is 0. The number of halogens is 4. The lowest BCUT2D eigenvalue weighted by molar-refractivity contribution is -0.138. The number of benzene rings is 2. The molecular weight excluding hydrogens is 286 g/mol. The van der Waals surface area contributed by atoms with Crippen molar-refractivity contribution in [2.24, 2.45) is 5.73 Å². The highest BCUT2D eigenvalue weighted by atomic mass is 19.4. The lowest BCUT2D eigenvalue weighted by Gasteiger charge is -2.15. The second kappa shape index (κ2) is 6.13. The van der Waals surface area contributed by atoms with Crippen molar-refractivity contribution in [3.05, 3.63) is 53.8 Å². The maximum atomic E-state index is 13.7. The molecule has 2 nitrogen and oxygen atoms in total. The van der Waals surface area contributed by atoms with E-state index in [4.69, 9.17) is 10.5 Å². The van der Waals surface area contributed by atoms with Gasteiger partial charge in [0.05, 0.1) is 5.56 Å². The first kappa shape index (κ1) is 15.3. The van der Waals surface area contributed by atoms with E-state index in [1.807, 2.05) is 0 Å². The van der Waals surface area contributed by atoms with Gasteiger partial charge in [0.2, 0.25) is 0 Å². The molecule has 0 aliphatic rings. The summed E-state index contributed by atoms with van der Waals surface area (Å²) < 4.78 is 57.9. The summed E-state index contributed by atoms with van der Waals surface area (Å²) in [6, 6.07) is 9.10. The highest BCUT2D eigenvalue weighted by molar-refractivity contribution is 5.66. The van der Waals surface area contributed by atoms with Crippen molar-refractivity contribution in [3.63, 3.8) is 0 Å². The normalized spacial score (nSPS) is 11.5. The molecule has 0 radical (unpaired) electrons. The van der Waals surface area contributed by atoms with Crippen LogP contribution in [0, 0.1) is 5.82 Å². The Morgan fingerprint density at radius 2 is 1.76 bits per heavy atom. The first-order valence-corrected chi connectivity index (χ1v) is 6.22. The van der Waals surface area contributed by atoms with E-state index < -0.39 is 17.6 Å². The molecule has 0 saturated heterocycles. The van der Waals surface area contributed by atoms with E-state index >= 15 is 0 Å². The molecule has 112 valence electrons. The van der Waals surface area contributed by atoms with Crippen molar-refractivity contribution in [3.8, 4) is 16.9 Å². The number of ether oxygens (including phenoxy) is 1. The van der Waals surface area contributed by atoms with E-state index in [0.717, 1.165) is 6.07 Å². The first-order chi connectivity index (χ1) is 9.93. The maximum absolute atomic E-state index is 13.7. The Kier molecular flexibility index (Phi) is 4.47. The van der Waals surface area contributed by atoms with Crippen molar-refractivity contribution >= 4 is 0 Å². The lowest BCUT2D eigenvalue weighted by Crippen LogP contribution is -2.14. The first-order valence-electron chi connectivity index (χ1n) is 6.22. The van der Waals surface area contributed by atoms with Crippen LogP contribution in [0.15, 0.2) is 42.5 Å². The molecule has 0 heterocycles. The van der Waals surface area contributed by atoms with E-state index in [-0.39, 0.29) is 30.0 Å². The van der Waals surface area contributed by atoms with Crippen LogP contribution in [-0.4, -0.2) is 13.2 Å². The van der Waals surface area contributed by atoms with Gasteiger partial charge in [0, 0.05) is 12.1 Å². The van der Waals surface area contributed by atoms with Crippen molar-refractivity contribution in [1.82, 2.24) is 0 Å². The summed E-state index contributed by atoms with van der Waals surface area (Å²) in [5.74, 6) is -0.894. The van der Waals surface area contributed by atoms with E-state index in [2.05, 4.69) is 0 Å². The number of hydrogen-bond donors (Lipinski definition) is 1. The van der Waals surface area contributed by atoms with Crippen LogP contribution in [-0.2, 0) is 6.18 Å². The van der Waals surface area contributed by atoms with Crippen molar-refractivity contribution in [2.45, 2.75) is 6.18 Å². The van der Waals surface area contributed by atoms with Gasteiger partial charge in [-0.25, -0.2) is 4.39 Å². The predicted octanol–water partition coefficient (Wildman–Crippen LogP) is 3.85. The third kappa shape index (κ3) is 3.52. The van der Waals surface area contributed by atoms with Crippen LogP contribution in [0.5, 0.6) is 5.75 Å². The van der Waals surface area contributed by atoms with Crippen LogP contribution in [0.1, 0.15) is 5.56 Å². The SMILES string of the molecule is NCCOc1ccc(-c2ccccc2F)cc1C(F)(F)F. The minimum absolute atomic E-state index is 0.0257. The molecule has 0 aromatic heterocycles. The zero-order valence-corrected chi connectivity index (χ0v) is 11.0. The number of nitrogens with two attached hydrogens (primary N) is 1. The molecule has 0 bridgehead atoms.